The summed E-state index contributed by atoms with van der Waals surface area (Å²) >= 11 is 0. The standard InChI is InChI=1S/C14H14N4O5/c1-10(19)9-16-13(15-8-14(16)18(22)23)7-6-11-4-2-3-5-12(11)17(20)21/h2-8,10,19H,9H2,1H3/b7-6+. The Kier molecular flexibility index (Phi) is 4.82. The number of aliphatic hydroxyl groups excluding tert-OH is 1. The summed E-state index contributed by atoms with van der Waals surface area (Å²) < 4.78 is 1.25. The van der Waals surface area contributed by atoms with Crippen LogP contribution in [0.2, 0.25) is 0 Å². The van der Waals surface area contributed by atoms with Gasteiger partial charge in [-0.15, -0.1) is 0 Å². The molecule has 0 saturated carbocycles. The normalized spacial score (nSPS) is 12.4. The molecule has 0 saturated heterocycles. The van der Waals surface area contributed by atoms with E-state index in [1.165, 1.54) is 29.7 Å². The third-order valence-electron chi connectivity index (χ3n) is 3.04. The van der Waals surface area contributed by atoms with E-state index in [1.807, 2.05) is 0 Å². The Morgan fingerprint density at radius 2 is 1.96 bits per heavy atom. The fraction of sp³-hybridized carbons (Fsp3) is 0.214. The van der Waals surface area contributed by atoms with E-state index in [9.17, 15) is 25.3 Å². The number of aromatic nitrogens is 2. The molecule has 9 heteroatoms. The van der Waals surface area contributed by atoms with Crippen LogP contribution in [-0.2, 0) is 6.54 Å². The summed E-state index contributed by atoms with van der Waals surface area (Å²) in [6.45, 7) is 1.49. The molecule has 0 radical (unpaired) electrons. The van der Waals surface area contributed by atoms with Gasteiger partial charge in [0.2, 0.25) is 5.82 Å². The van der Waals surface area contributed by atoms with Crippen LogP contribution >= 0.6 is 0 Å². The van der Waals surface area contributed by atoms with E-state index in [2.05, 4.69) is 4.98 Å². The van der Waals surface area contributed by atoms with Gasteiger partial charge in [-0.25, -0.2) is 9.55 Å². The topological polar surface area (TPSA) is 124 Å². The zero-order valence-electron chi connectivity index (χ0n) is 12.2. The Bertz CT molecular complexity index is 766. The summed E-state index contributed by atoms with van der Waals surface area (Å²) in [5.41, 5.74) is 0.277. The number of rotatable bonds is 6. The predicted molar refractivity (Wildman–Crippen MR) is 82.6 cm³/mol. The van der Waals surface area contributed by atoms with E-state index in [-0.39, 0.29) is 23.9 Å². The van der Waals surface area contributed by atoms with E-state index >= 15 is 0 Å². The monoisotopic (exact) mass is 318 g/mol. The van der Waals surface area contributed by atoms with Gasteiger partial charge in [-0.3, -0.25) is 10.1 Å². The van der Waals surface area contributed by atoms with Gasteiger partial charge in [-0.2, -0.15) is 0 Å². The van der Waals surface area contributed by atoms with Crippen LogP contribution in [0.1, 0.15) is 18.3 Å². The lowest BCUT2D eigenvalue weighted by Gasteiger charge is -2.04. The maximum absolute atomic E-state index is 11.0. The second-order valence-corrected chi connectivity index (χ2v) is 4.84. The summed E-state index contributed by atoms with van der Waals surface area (Å²) in [6.07, 6.45) is 3.18. The Morgan fingerprint density at radius 1 is 1.26 bits per heavy atom. The summed E-state index contributed by atoms with van der Waals surface area (Å²) in [7, 11) is 0. The highest BCUT2D eigenvalue weighted by molar-refractivity contribution is 5.72. The Hall–Kier alpha value is -3.07. The maximum atomic E-state index is 11.0. The smallest absolute Gasteiger partial charge is 0.343 e. The minimum atomic E-state index is -0.805. The van der Waals surface area contributed by atoms with Crippen molar-refractivity contribution in [1.82, 2.24) is 9.55 Å². The van der Waals surface area contributed by atoms with Crippen molar-refractivity contribution in [3.05, 3.63) is 62.1 Å². The molecule has 120 valence electrons. The molecule has 0 bridgehead atoms. The van der Waals surface area contributed by atoms with Gasteiger partial charge >= 0.3 is 5.82 Å². The number of benzene rings is 1. The molecule has 0 aliphatic heterocycles. The van der Waals surface area contributed by atoms with Gasteiger partial charge in [0, 0.05) is 12.1 Å². The first-order valence-electron chi connectivity index (χ1n) is 6.69. The lowest BCUT2D eigenvalue weighted by atomic mass is 10.1. The average Bonchev–Trinajstić information content (AvgIpc) is 2.87. The zero-order valence-corrected chi connectivity index (χ0v) is 12.2. The van der Waals surface area contributed by atoms with Crippen molar-refractivity contribution < 1.29 is 15.0 Å². The molecule has 23 heavy (non-hydrogen) atoms. The molecule has 0 aliphatic carbocycles. The fourth-order valence-corrected chi connectivity index (χ4v) is 2.07. The van der Waals surface area contributed by atoms with Crippen molar-refractivity contribution in [2.45, 2.75) is 19.6 Å². The summed E-state index contributed by atoms with van der Waals surface area (Å²) in [4.78, 5) is 24.8. The van der Waals surface area contributed by atoms with Crippen molar-refractivity contribution in [2.24, 2.45) is 0 Å². The molecule has 1 N–H and O–H groups in total. The Balaban J connectivity index is 2.40. The van der Waals surface area contributed by atoms with Crippen LogP contribution < -0.4 is 0 Å². The molecular weight excluding hydrogens is 304 g/mol. The molecule has 0 spiro atoms. The first-order valence-corrected chi connectivity index (χ1v) is 6.69. The molecule has 1 atom stereocenters. The highest BCUT2D eigenvalue weighted by atomic mass is 16.6. The minimum Gasteiger partial charge on any atom is -0.389 e. The van der Waals surface area contributed by atoms with Crippen molar-refractivity contribution in [3.8, 4) is 0 Å². The van der Waals surface area contributed by atoms with Gasteiger partial charge < -0.3 is 15.2 Å². The van der Waals surface area contributed by atoms with Crippen LogP contribution in [0, 0.1) is 20.2 Å². The molecule has 1 aromatic carbocycles. The van der Waals surface area contributed by atoms with Gasteiger partial charge in [-0.1, -0.05) is 12.1 Å². The molecule has 0 fully saturated rings. The molecule has 0 amide bonds. The van der Waals surface area contributed by atoms with E-state index in [0.29, 0.717) is 5.56 Å². The van der Waals surface area contributed by atoms with E-state index in [4.69, 9.17) is 0 Å². The van der Waals surface area contributed by atoms with Crippen molar-refractivity contribution in [1.29, 1.82) is 0 Å². The second kappa shape index (κ2) is 6.79. The lowest BCUT2D eigenvalue weighted by Crippen LogP contribution is -2.14. The fourth-order valence-electron chi connectivity index (χ4n) is 2.07. The second-order valence-electron chi connectivity index (χ2n) is 4.84. The largest absolute Gasteiger partial charge is 0.389 e. The van der Waals surface area contributed by atoms with Crippen molar-refractivity contribution in [3.63, 3.8) is 0 Å². The van der Waals surface area contributed by atoms with Gasteiger partial charge in [0.15, 0.2) is 0 Å². The van der Waals surface area contributed by atoms with E-state index in [0.717, 1.165) is 6.20 Å². The van der Waals surface area contributed by atoms with Crippen molar-refractivity contribution >= 4 is 23.7 Å². The van der Waals surface area contributed by atoms with Crippen LogP contribution in [0.4, 0.5) is 11.5 Å². The third-order valence-corrected chi connectivity index (χ3v) is 3.04. The molecular formula is C14H14N4O5. The zero-order chi connectivity index (χ0) is 17.0. The highest BCUT2D eigenvalue weighted by Gasteiger charge is 2.20. The quantitative estimate of drug-likeness (QED) is 0.643. The molecule has 0 aliphatic rings. The Labute approximate surface area is 130 Å². The number of para-hydroxylation sites is 1. The highest BCUT2D eigenvalue weighted by Crippen LogP contribution is 2.21. The third kappa shape index (κ3) is 3.77. The van der Waals surface area contributed by atoms with E-state index in [1.54, 1.807) is 18.2 Å². The van der Waals surface area contributed by atoms with Crippen LogP contribution in [0.25, 0.3) is 12.2 Å². The summed E-state index contributed by atoms with van der Waals surface area (Å²) in [6, 6.07) is 6.13. The van der Waals surface area contributed by atoms with Crippen LogP contribution in [0.3, 0.4) is 0 Å². The molecule has 9 nitrogen and oxygen atoms in total. The SMILES string of the molecule is CC(O)Cn1c([N+](=O)[O-])cnc1/C=C/c1ccccc1[N+](=O)[O-]. The van der Waals surface area contributed by atoms with Crippen molar-refractivity contribution in [2.75, 3.05) is 0 Å². The Morgan fingerprint density at radius 3 is 2.57 bits per heavy atom. The minimum absolute atomic E-state index is 0.00707. The van der Waals surface area contributed by atoms with E-state index < -0.39 is 16.0 Å². The molecule has 1 heterocycles. The maximum Gasteiger partial charge on any atom is 0.343 e. The van der Waals surface area contributed by atoms with Crippen LogP contribution in [0.15, 0.2) is 30.5 Å². The molecule has 2 aromatic rings. The van der Waals surface area contributed by atoms with Gasteiger partial charge in [0.05, 0.1) is 16.6 Å². The van der Waals surface area contributed by atoms with Crippen LogP contribution in [0.5, 0.6) is 0 Å². The molecule has 2 rings (SSSR count). The number of nitro benzene ring substituents is 1. The average molecular weight is 318 g/mol. The lowest BCUT2D eigenvalue weighted by molar-refractivity contribution is -0.392. The number of imidazole rings is 1. The van der Waals surface area contributed by atoms with Gasteiger partial charge in [0.1, 0.15) is 12.7 Å². The van der Waals surface area contributed by atoms with Gasteiger partial charge in [0.25, 0.3) is 5.69 Å². The first kappa shape index (κ1) is 16.3. The summed E-state index contributed by atoms with van der Waals surface area (Å²) in [5, 5.41) is 31.4. The number of aliphatic hydroxyl groups is 1. The van der Waals surface area contributed by atoms with Crippen LogP contribution in [-0.4, -0.2) is 30.6 Å². The number of hydrogen-bond acceptors (Lipinski definition) is 6. The predicted octanol–water partition coefficient (Wildman–Crippen LogP) is 2.25. The number of nitro groups is 2. The number of hydrogen-bond donors (Lipinski definition) is 1. The molecule has 1 aromatic heterocycles. The number of nitrogens with zero attached hydrogens (tertiary/aromatic N) is 4. The van der Waals surface area contributed by atoms with Gasteiger partial charge in [-0.05, 0) is 24.0 Å². The first-order chi connectivity index (χ1) is 10.9. The summed E-state index contributed by atoms with van der Waals surface area (Å²) in [5.74, 6) is -0.0242. The molecule has 1 unspecified atom stereocenters.